The zero-order valence-electron chi connectivity index (χ0n) is 12.9. The molecule has 1 aliphatic heterocycles. The van der Waals surface area contributed by atoms with E-state index in [4.69, 9.17) is 0 Å². The Balaban J connectivity index is 2.02. The molecule has 4 heteroatoms. The van der Waals surface area contributed by atoms with Gasteiger partial charge < -0.3 is 10.2 Å². The van der Waals surface area contributed by atoms with Crippen LogP contribution in [0.25, 0.3) is 0 Å². The summed E-state index contributed by atoms with van der Waals surface area (Å²) in [6.07, 6.45) is 4.07. The fourth-order valence-corrected chi connectivity index (χ4v) is 2.62. The van der Waals surface area contributed by atoms with Crippen LogP contribution >= 0.6 is 0 Å². The minimum Gasteiger partial charge on any atom is -0.350 e. The van der Waals surface area contributed by atoms with Crippen molar-refractivity contribution >= 4 is 17.5 Å². The summed E-state index contributed by atoms with van der Waals surface area (Å²) in [6.45, 7) is 4.85. The number of nitrogens with zero attached hydrogens (tertiary/aromatic N) is 1. The summed E-state index contributed by atoms with van der Waals surface area (Å²) in [5.41, 5.74) is 1.97. The molecule has 0 spiro atoms. The lowest BCUT2D eigenvalue weighted by atomic mass is 10.1. The molecule has 1 aromatic carbocycles. The average Bonchev–Trinajstić information content (AvgIpc) is 2.91. The van der Waals surface area contributed by atoms with Crippen molar-refractivity contribution < 1.29 is 9.59 Å². The molecule has 1 heterocycles. The second-order valence-electron chi connectivity index (χ2n) is 5.64. The van der Waals surface area contributed by atoms with Crippen LogP contribution in [-0.2, 0) is 9.59 Å². The molecule has 21 heavy (non-hydrogen) atoms. The van der Waals surface area contributed by atoms with Gasteiger partial charge in [0, 0.05) is 25.1 Å². The van der Waals surface area contributed by atoms with E-state index in [1.54, 1.807) is 0 Å². The topological polar surface area (TPSA) is 49.4 Å². The van der Waals surface area contributed by atoms with Crippen molar-refractivity contribution in [2.75, 3.05) is 11.4 Å². The molecule has 0 aromatic heterocycles. The summed E-state index contributed by atoms with van der Waals surface area (Å²) in [5.74, 6) is 0.277. The molecule has 1 saturated heterocycles. The lowest BCUT2D eigenvalue weighted by Gasteiger charge is -2.19. The Morgan fingerprint density at radius 1 is 1.43 bits per heavy atom. The number of hydrogen-bond acceptors (Lipinski definition) is 2. The fraction of sp³-hybridized carbons (Fsp3) is 0.529. The van der Waals surface area contributed by atoms with Gasteiger partial charge in [0.25, 0.3) is 0 Å². The smallest absolute Gasteiger partial charge is 0.227 e. The van der Waals surface area contributed by atoms with Crippen LogP contribution in [0.15, 0.2) is 24.3 Å². The zero-order valence-corrected chi connectivity index (χ0v) is 12.9. The third kappa shape index (κ3) is 4.06. The van der Waals surface area contributed by atoms with E-state index in [-0.39, 0.29) is 17.9 Å². The SMILES string of the molecule is CCCCC(=O)NC(C)c1cccc(N2CCCC2=O)c1. The molecule has 1 atom stereocenters. The standard InChI is InChI=1S/C17H24N2O2/c1-3-4-9-16(20)18-13(2)14-7-5-8-15(12-14)19-11-6-10-17(19)21/h5,7-8,12-13H,3-4,6,9-11H2,1-2H3,(H,18,20). The Hall–Kier alpha value is -1.84. The number of amides is 2. The quantitative estimate of drug-likeness (QED) is 0.874. The van der Waals surface area contributed by atoms with Gasteiger partial charge in [-0.2, -0.15) is 0 Å². The maximum Gasteiger partial charge on any atom is 0.227 e. The molecule has 1 aromatic rings. The van der Waals surface area contributed by atoms with E-state index in [2.05, 4.69) is 12.2 Å². The van der Waals surface area contributed by atoms with Crippen LogP contribution in [0.2, 0.25) is 0 Å². The van der Waals surface area contributed by atoms with Crippen molar-refractivity contribution in [2.24, 2.45) is 0 Å². The molecule has 1 aliphatic rings. The van der Waals surface area contributed by atoms with Crippen LogP contribution in [0.5, 0.6) is 0 Å². The van der Waals surface area contributed by atoms with E-state index in [1.807, 2.05) is 36.1 Å². The first-order chi connectivity index (χ1) is 10.1. The molecule has 1 unspecified atom stereocenters. The Morgan fingerprint density at radius 2 is 2.24 bits per heavy atom. The van der Waals surface area contributed by atoms with Gasteiger partial charge in [-0.1, -0.05) is 25.5 Å². The van der Waals surface area contributed by atoms with Crippen LogP contribution in [-0.4, -0.2) is 18.4 Å². The Kier molecular flexibility index (Phi) is 5.37. The highest BCUT2D eigenvalue weighted by atomic mass is 16.2. The van der Waals surface area contributed by atoms with Gasteiger partial charge in [0.05, 0.1) is 6.04 Å². The lowest BCUT2D eigenvalue weighted by Crippen LogP contribution is -2.27. The van der Waals surface area contributed by atoms with Gasteiger partial charge in [-0.05, 0) is 37.5 Å². The van der Waals surface area contributed by atoms with Gasteiger partial charge in [0.2, 0.25) is 11.8 Å². The second kappa shape index (κ2) is 7.25. The summed E-state index contributed by atoms with van der Waals surface area (Å²) in [4.78, 5) is 25.4. The molecular formula is C17H24N2O2. The number of anilines is 1. The molecule has 0 saturated carbocycles. The number of unbranched alkanes of at least 4 members (excludes halogenated alkanes) is 1. The van der Waals surface area contributed by atoms with E-state index in [9.17, 15) is 9.59 Å². The van der Waals surface area contributed by atoms with E-state index in [1.165, 1.54) is 0 Å². The number of benzene rings is 1. The zero-order chi connectivity index (χ0) is 15.2. The van der Waals surface area contributed by atoms with Crippen LogP contribution < -0.4 is 10.2 Å². The summed E-state index contributed by atoms with van der Waals surface area (Å²) < 4.78 is 0. The van der Waals surface area contributed by atoms with Gasteiger partial charge in [-0.15, -0.1) is 0 Å². The Labute approximate surface area is 126 Å². The van der Waals surface area contributed by atoms with Gasteiger partial charge in [0.15, 0.2) is 0 Å². The molecule has 4 nitrogen and oxygen atoms in total. The summed E-state index contributed by atoms with van der Waals surface area (Å²) >= 11 is 0. The molecule has 114 valence electrons. The van der Waals surface area contributed by atoms with Crippen molar-refractivity contribution in [1.29, 1.82) is 0 Å². The molecule has 1 fully saturated rings. The molecule has 0 radical (unpaired) electrons. The van der Waals surface area contributed by atoms with Crippen molar-refractivity contribution in [3.8, 4) is 0 Å². The van der Waals surface area contributed by atoms with Crippen LogP contribution in [0, 0.1) is 0 Å². The van der Waals surface area contributed by atoms with Crippen LogP contribution in [0.1, 0.15) is 57.6 Å². The van der Waals surface area contributed by atoms with Gasteiger partial charge in [0.1, 0.15) is 0 Å². The average molecular weight is 288 g/mol. The van der Waals surface area contributed by atoms with Gasteiger partial charge in [-0.25, -0.2) is 0 Å². The highest BCUT2D eigenvalue weighted by molar-refractivity contribution is 5.95. The molecule has 2 rings (SSSR count). The molecule has 2 amide bonds. The first-order valence-electron chi connectivity index (χ1n) is 7.81. The molecule has 1 N–H and O–H groups in total. The van der Waals surface area contributed by atoms with Crippen molar-refractivity contribution in [1.82, 2.24) is 5.32 Å². The first-order valence-corrected chi connectivity index (χ1v) is 7.81. The predicted octanol–water partition coefficient (Wildman–Crippen LogP) is 3.18. The Morgan fingerprint density at radius 3 is 2.90 bits per heavy atom. The number of rotatable bonds is 6. The number of nitrogens with one attached hydrogen (secondary N) is 1. The van der Waals surface area contributed by atoms with E-state index in [0.717, 1.165) is 37.1 Å². The minimum absolute atomic E-state index is 0.0352. The van der Waals surface area contributed by atoms with E-state index in [0.29, 0.717) is 12.8 Å². The summed E-state index contributed by atoms with van der Waals surface area (Å²) in [5, 5.41) is 3.02. The Bertz CT molecular complexity index is 513. The van der Waals surface area contributed by atoms with E-state index >= 15 is 0 Å². The fourth-order valence-electron chi connectivity index (χ4n) is 2.62. The maximum atomic E-state index is 11.8. The highest BCUT2D eigenvalue weighted by Crippen LogP contribution is 2.24. The largest absolute Gasteiger partial charge is 0.350 e. The third-order valence-corrected chi connectivity index (χ3v) is 3.89. The summed E-state index contributed by atoms with van der Waals surface area (Å²) in [7, 11) is 0. The van der Waals surface area contributed by atoms with Crippen molar-refractivity contribution in [3.05, 3.63) is 29.8 Å². The lowest BCUT2D eigenvalue weighted by molar-refractivity contribution is -0.122. The predicted molar refractivity (Wildman–Crippen MR) is 84.1 cm³/mol. The first kappa shape index (κ1) is 15.5. The molecule has 0 aliphatic carbocycles. The normalized spacial score (nSPS) is 16.1. The minimum atomic E-state index is -0.0352. The monoisotopic (exact) mass is 288 g/mol. The van der Waals surface area contributed by atoms with Crippen molar-refractivity contribution in [3.63, 3.8) is 0 Å². The van der Waals surface area contributed by atoms with Crippen LogP contribution in [0.4, 0.5) is 5.69 Å². The number of carbonyl (C=O) groups is 2. The maximum absolute atomic E-state index is 11.8. The second-order valence-corrected chi connectivity index (χ2v) is 5.64. The number of hydrogen-bond donors (Lipinski definition) is 1. The van der Waals surface area contributed by atoms with Crippen LogP contribution in [0.3, 0.4) is 0 Å². The van der Waals surface area contributed by atoms with Crippen molar-refractivity contribution in [2.45, 2.75) is 52.0 Å². The van der Waals surface area contributed by atoms with Gasteiger partial charge in [-0.3, -0.25) is 9.59 Å². The molecular weight excluding hydrogens is 264 g/mol. The third-order valence-electron chi connectivity index (χ3n) is 3.89. The van der Waals surface area contributed by atoms with E-state index < -0.39 is 0 Å². The molecule has 0 bridgehead atoms. The summed E-state index contributed by atoms with van der Waals surface area (Å²) in [6, 6.07) is 7.87. The number of carbonyl (C=O) groups excluding carboxylic acids is 2. The van der Waals surface area contributed by atoms with Gasteiger partial charge >= 0.3 is 0 Å². The highest BCUT2D eigenvalue weighted by Gasteiger charge is 2.22.